The molecular formula is C24H35N3O5. The Morgan fingerprint density at radius 2 is 1.88 bits per heavy atom. The molecule has 0 fully saturated rings. The number of benzene rings is 1. The zero-order valence-electron chi connectivity index (χ0n) is 19.6. The molecule has 0 aromatic heterocycles. The number of alkyl carbamates (subject to hydrolysis) is 1. The lowest BCUT2D eigenvalue weighted by molar-refractivity contribution is -0.141. The van der Waals surface area contributed by atoms with Gasteiger partial charge in [0, 0.05) is 19.2 Å². The average Bonchev–Trinajstić information content (AvgIpc) is 2.73. The summed E-state index contributed by atoms with van der Waals surface area (Å²) in [7, 11) is 1.44. The molecule has 0 aliphatic carbocycles. The van der Waals surface area contributed by atoms with Gasteiger partial charge in [-0.15, -0.1) is 6.42 Å². The summed E-state index contributed by atoms with van der Waals surface area (Å²) in [6.45, 7) is 6.92. The minimum absolute atomic E-state index is 0.395. The second kappa shape index (κ2) is 12.7. The second-order valence-electron chi connectivity index (χ2n) is 8.46. The number of aliphatic hydroxyl groups is 1. The fourth-order valence-electron chi connectivity index (χ4n) is 3.08. The van der Waals surface area contributed by atoms with E-state index in [2.05, 4.69) is 23.5 Å². The number of nitrogens with one attached hydrogen (secondary N) is 2. The number of carbonyl (C=O) groups is 3. The lowest BCUT2D eigenvalue weighted by Gasteiger charge is -2.31. The summed E-state index contributed by atoms with van der Waals surface area (Å²) in [5.74, 6) is 1.50. The van der Waals surface area contributed by atoms with Crippen LogP contribution in [0.3, 0.4) is 0 Å². The Morgan fingerprint density at radius 1 is 1.22 bits per heavy atom. The van der Waals surface area contributed by atoms with Gasteiger partial charge in [-0.1, -0.05) is 43.9 Å². The van der Waals surface area contributed by atoms with Crippen LogP contribution in [0.4, 0.5) is 4.79 Å². The molecule has 176 valence electrons. The van der Waals surface area contributed by atoms with Gasteiger partial charge in [0.15, 0.2) is 0 Å². The molecule has 3 N–H and O–H groups in total. The maximum Gasteiger partial charge on any atom is 0.408 e. The first-order valence-electron chi connectivity index (χ1n) is 10.8. The molecule has 1 aromatic carbocycles. The summed E-state index contributed by atoms with van der Waals surface area (Å²) in [5.41, 5.74) is 0.181. The molecule has 0 radical (unpaired) electrons. The summed E-state index contributed by atoms with van der Waals surface area (Å²) < 4.78 is 5.17. The quantitative estimate of drug-likeness (QED) is 0.379. The topological polar surface area (TPSA) is 108 Å². The van der Waals surface area contributed by atoms with Gasteiger partial charge in [0.1, 0.15) is 17.7 Å². The fourth-order valence-corrected chi connectivity index (χ4v) is 3.08. The lowest BCUT2D eigenvalue weighted by Crippen LogP contribution is -2.53. The zero-order valence-corrected chi connectivity index (χ0v) is 19.6. The molecule has 0 saturated carbocycles. The van der Waals surface area contributed by atoms with E-state index >= 15 is 0 Å². The third-order valence-electron chi connectivity index (χ3n) is 4.65. The van der Waals surface area contributed by atoms with Gasteiger partial charge in [0.05, 0.1) is 6.61 Å². The maximum atomic E-state index is 13.1. The van der Waals surface area contributed by atoms with Gasteiger partial charge in [0.2, 0.25) is 11.8 Å². The molecule has 1 rings (SSSR count). The van der Waals surface area contributed by atoms with Crippen LogP contribution in [0.15, 0.2) is 24.3 Å². The van der Waals surface area contributed by atoms with Gasteiger partial charge < -0.3 is 25.4 Å². The SMILES string of the molecule is C#Cc1ccccc1C(C(=O)NCCCCC)N(C)C(=O)C(CO)NC(=O)OC(C)(C)C. The van der Waals surface area contributed by atoms with Crippen molar-refractivity contribution in [3.8, 4) is 12.3 Å². The fraction of sp³-hybridized carbons (Fsp3) is 0.542. The van der Waals surface area contributed by atoms with Gasteiger partial charge in [0.25, 0.3) is 0 Å². The Morgan fingerprint density at radius 3 is 2.44 bits per heavy atom. The second-order valence-corrected chi connectivity index (χ2v) is 8.46. The summed E-state index contributed by atoms with van der Waals surface area (Å²) in [4.78, 5) is 39.5. The first-order chi connectivity index (χ1) is 15.1. The Hall–Kier alpha value is -3.05. The maximum absolute atomic E-state index is 13.1. The number of ether oxygens (including phenoxy) is 1. The van der Waals surface area contributed by atoms with E-state index in [1.165, 1.54) is 11.9 Å². The van der Waals surface area contributed by atoms with E-state index in [0.29, 0.717) is 17.7 Å². The smallest absolute Gasteiger partial charge is 0.408 e. The monoisotopic (exact) mass is 445 g/mol. The minimum Gasteiger partial charge on any atom is -0.444 e. The van der Waals surface area contributed by atoms with Gasteiger partial charge in [-0.2, -0.15) is 0 Å². The van der Waals surface area contributed by atoms with Crippen molar-refractivity contribution in [1.82, 2.24) is 15.5 Å². The number of unbranched alkanes of at least 4 members (excludes halogenated alkanes) is 2. The van der Waals surface area contributed by atoms with Crippen LogP contribution in [0.5, 0.6) is 0 Å². The van der Waals surface area contributed by atoms with E-state index in [0.717, 1.165) is 19.3 Å². The molecular weight excluding hydrogens is 410 g/mol. The Bertz CT molecular complexity index is 826. The number of nitrogens with zero attached hydrogens (tertiary/aromatic N) is 1. The minimum atomic E-state index is -1.29. The van der Waals surface area contributed by atoms with E-state index in [1.807, 2.05) is 0 Å². The van der Waals surface area contributed by atoms with Gasteiger partial charge >= 0.3 is 6.09 Å². The van der Waals surface area contributed by atoms with Crippen molar-refractivity contribution in [3.63, 3.8) is 0 Å². The number of hydrogen-bond acceptors (Lipinski definition) is 5. The molecule has 0 saturated heterocycles. The highest BCUT2D eigenvalue weighted by molar-refractivity contribution is 5.92. The summed E-state index contributed by atoms with van der Waals surface area (Å²) in [5, 5.41) is 15.0. The number of likely N-dealkylation sites (N-methyl/N-ethyl adjacent to an activating group) is 1. The van der Waals surface area contributed by atoms with E-state index in [9.17, 15) is 19.5 Å². The first-order valence-corrected chi connectivity index (χ1v) is 10.8. The van der Waals surface area contributed by atoms with Crippen molar-refractivity contribution in [2.45, 2.75) is 64.6 Å². The van der Waals surface area contributed by atoms with Crippen LogP contribution in [0.1, 0.15) is 64.1 Å². The van der Waals surface area contributed by atoms with Crippen LogP contribution in [0, 0.1) is 12.3 Å². The Labute approximate surface area is 190 Å². The normalized spacial score (nSPS) is 12.8. The molecule has 0 bridgehead atoms. The number of hydrogen-bond donors (Lipinski definition) is 3. The molecule has 8 nitrogen and oxygen atoms in total. The number of terminal acetylenes is 1. The lowest BCUT2D eigenvalue weighted by atomic mass is 9.98. The van der Waals surface area contributed by atoms with Gasteiger partial charge in [-0.25, -0.2) is 4.79 Å². The van der Waals surface area contributed by atoms with E-state index < -0.39 is 42.2 Å². The summed E-state index contributed by atoms with van der Waals surface area (Å²) >= 11 is 0. The first kappa shape index (κ1) is 27.0. The van der Waals surface area contributed by atoms with Crippen molar-refractivity contribution >= 4 is 17.9 Å². The van der Waals surface area contributed by atoms with Crippen molar-refractivity contribution in [1.29, 1.82) is 0 Å². The predicted octanol–water partition coefficient (Wildman–Crippen LogP) is 2.36. The van der Waals surface area contributed by atoms with Crippen LogP contribution in [0.2, 0.25) is 0 Å². The number of rotatable bonds is 10. The van der Waals surface area contributed by atoms with E-state index in [1.54, 1.807) is 45.0 Å². The highest BCUT2D eigenvalue weighted by Crippen LogP contribution is 2.24. The number of amides is 3. The molecule has 0 heterocycles. The molecule has 2 unspecified atom stereocenters. The van der Waals surface area contributed by atoms with Crippen LogP contribution in [-0.4, -0.2) is 59.8 Å². The van der Waals surface area contributed by atoms with Gasteiger partial charge in [-0.05, 0) is 38.8 Å². The highest BCUT2D eigenvalue weighted by atomic mass is 16.6. The Balaban J connectivity index is 3.16. The van der Waals surface area contributed by atoms with E-state index in [-0.39, 0.29) is 0 Å². The van der Waals surface area contributed by atoms with Crippen LogP contribution < -0.4 is 10.6 Å². The molecule has 0 aliphatic rings. The number of aliphatic hydroxyl groups excluding tert-OH is 1. The van der Waals surface area contributed by atoms with Crippen LogP contribution in [-0.2, 0) is 14.3 Å². The highest BCUT2D eigenvalue weighted by Gasteiger charge is 2.34. The third kappa shape index (κ3) is 8.23. The largest absolute Gasteiger partial charge is 0.444 e. The molecule has 0 spiro atoms. The summed E-state index contributed by atoms with van der Waals surface area (Å²) in [6, 6.07) is 4.53. The zero-order chi connectivity index (χ0) is 24.3. The molecule has 32 heavy (non-hydrogen) atoms. The van der Waals surface area contributed by atoms with Crippen LogP contribution >= 0.6 is 0 Å². The van der Waals surface area contributed by atoms with Gasteiger partial charge in [-0.3, -0.25) is 9.59 Å². The third-order valence-corrected chi connectivity index (χ3v) is 4.65. The molecule has 8 heteroatoms. The van der Waals surface area contributed by atoms with Crippen molar-refractivity contribution in [2.75, 3.05) is 20.2 Å². The molecule has 0 aliphatic heterocycles. The predicted molar refractivity (Wildman–Crippen MR) is 123 cm³/mol. The van der Waals surface area contributed by atoms with Crippen molar-refractivity contribution in [3.05, 3.63) is 35.4 Å². The van der Waals surface area contributed by atoms with Crippen LogP contribution in [0.25, 0.3) is 0 Å². The summed E-state index contributed by atoms with van der Waals surface area (Å²) in [6.07, 6.45) is 7.55. The number of carbonyl (C=O) groups excluding carboxylic acids is 3. The molecule has 2 atom stereocenters. The standard InChI is InChI=1S/C24H35N3O5/c1-7-9-12-15-25-21(29)20(18-14-11-10-13-17(18)8-2)27(6)22(30)19(16-28)26-23(31)32-24(3,4)5/h2,10-11,13-14,19-20,28H,7,9,12,15-16H2,1,3-6H3,(H,25,29)(H,26,31). The molecule has 3 amide bonds. The molecule has 1 aromatic rings. The van der Waals surface area contributed by atoms with Crippen molar-refractivity contribution < 1.29 is 24.2 Å². The average molecular weight is 446 g/mol. The van der Waals surface area contributed by atoms with Crippen molar-refractivity contribution in [2.24, 2.45) is 0 Å². The Kier molecular flexibility index (Phi) is 10.7. The van der Waals surface area contributed by atoms with E-state index in [4.69, 9.17) is 11.2 Å².